The molecule has 0 unspecified atom stereocenters. The molecule has 7 heteroatoms. The van der Waals surface area contributed by atoms with Crippen LogP contribution in [0.15, 0.2) is 59.9 Å². The Hall–Kier alpha value is -3.48. The number of nitrogens with one attached hydrogen (secondary N) is 1. The van der Waals surface area contributed by atoms with E-state index in [9.17, 15) is 4.79 Å². The van der Waals surface area contributed by atoms with Crippen molar-refractivity contribution in [3.05, 3.63) is 66.1 Å². The highest BCUT2D eigenvalue weighted by Gasteiger charge is 2.42. The Balaban J connectivity index is 1.54. The van der Waals surface area contributed by atoms with Gasteiger partial charge in [-0.15, -0.1) is 0 Å². The minimum atomic E-state index is -0.0403. The fraction of sp³-hybridized carbons (Fsp3) is 0.273. The molecule has 4 heterocycles. The van der Waals surface area contributed by atoms with Crippen LogP contribution in [0.5, 0.6) is 0 Å². The molecule has 0 aliphatic carbocycles. The van der Waals surface area contributed by atoms with Crippen molar-refractivity contribution in [1.29, 1.82) is 0 Å². The van der Waals surface area contributed by atoms with Gasteiger partial charge in [-0.05, 0) is 30.5 Å². The first-order valence-corrected chi connectivity index (χ1v) is 9.96. The number of amides is 2. The number of hydrogen-bond acceptors (Lipinski definition) is 4. The van der Waals surface area contributed by atoms with Gasteiger partial charge in [-0.25, -0.2) is 9.78 Å². The number of rotatable bonds is 5. The number of fused-ring (bicyclic) bond motifs is 3. The van der Waals surface area contributed by atoms with Gasteiger partial charge in [0.2, 0.25) is 0 Å². The van der Waals surface area contributed by atoms with Crippen LogP contribution < -0.4 is 4.90 Å². The van der Waals surface area contributed by atoms with Gasteiger partial charge in [0.05, 0.1) is 12.6 Å². The number of carbonyl (C=O) groups is 1. The van der Waals surface area contributed by atoms with E-state index in [1.807, 2.05) is 30.3 Å². The lowest BCUT2D eigenvalue weighted by atomic mass is 10.1. The minimum Gasteiger partial charge on any atom is -0.334 e. The maximum absolute atomic E-state index is 13.2. The molecule has 29 heavy (non-hydrogen) atoms. The van der Waals surface area contributed by atoms with Crippen LogP contribution in [0, 0.1) is 0 Å². The lowest BCUT2D eigenvalue weighted by Gasteiger charge is -2.32. The average molecular weight is 386 g/mol. The van der Waals surface area contributed by atoms with Crippen LogP contribution in [-0.4, -0.2) is 50.8 Å². The van der Waals surface area contributed by atoms with Crippen molar-refractivity contribution >= 4 is 17.7 Å². The fourth-order valence-electron chi connectivity index (χ4n) is 3.97. The van der Waals surface area contributed by atoms with Gasteiger partial charge in [0.1, 0.15) is 11.5 Å². The first kappa shape index (κ1) is 17.6. The Morgan fingerprint density at radius 2 is 1.93 bits per heavy atom. The topological polar surface area (TPSA) is 77.5 Å². The number of amidine groups is 1. The van der Waals surface area contributed by atoms with Crippen molar-refractivity contribution in [2.45, 2.75) is 25.8 Å². The number of anilines is 1. The first-order valence-electron chi connectivity index (χ1n) is 9.96. The van der Waals surface area contributed by atoms with Crippen molar-refractivity contribution in [2.24, 2.45) is 4.99 Å². The molecule has 0 saturated heterocycles. The van der Waals surface area contributed by atoms with Gasteiger partial charge in [-0.2, -0.15) is 0 Å². The summed E-state index contributed by atoms with van der Waals surface area (Å²) >= 11 is 0. The lowest BCUT2D eigenvalue weighted by molar-refractivity contribution is 0.226. The molecule has 146 valence electrons. The predicted molar refractivity (Wildman–Crippen MR) is 112 cm³/mol. The Bertz CT molecular complexity index is 1060. The van der Waals surface area contributed by atoms with Crippen LogP contribution in [0.2, 0.25) is 0 Å². The maximum Gasteiger partial charge on any atom is 0.331 e. The molecule has 1 N–H and O–H groups in total. The molecule has 0 radical (unpaired) electrons. The molecule has 2 aliphatic heterocycles. The van der Waals surface area contributed by atoms with E-state index in [4.69, 9.17) is 9.98 Å². The zero-order chi connectivity index (χ0) is 19.8. The molecule has 3 aromatic rings. The van der Waals surface area contributed by atoms with Crippen LogP contribution in [0.1, 0.15) is 24.6 Å². The number of aromatic nitrogens is 3. The van der Waals surface area contributed by atoms with E-state index in [-0.39, 0.29) is 12.1 Å². The van der Waals surface area contributed by atoms with E-state index in [1.54, 1.807) is 22.2 Å². The Morgan fingerprint density at radius 3 is 2.69 bits per heavy atom. The Morgan fingerprint density at radius 1 is 1.14 bits per heavy atom. The Labute approximate surface area is 169 Å². The largest absolute Gasteiger partial charge is 0.334 e. The highest BCUT2D eigenvalue weighted by Crippen LogP contribution is 2.33. The van der Waals surface area contributed by atoms with Gasteiger partial charge in [0.15, 0.2) is 11.7 Å². The fourth-order valence-corrected chi connectivity index (χ4v) is 3.97. The van der Waals surface area contributed by atoms with Crippen LogP contribution in [0.25, 0.3) is 11.4 Å². The van der Waals surface area contributed by atoms with E-state index in [2.05, 4.69) is 29.0 Å². The summed E-state index contributed by atoms with van der Waals surface area (Å²) in [4.78, 5) is 33.9. The summed E-state index contributed by atoms with van der Waals surface area (Å²) in [6.45, 7) is 3.28. The molecule has 2 amide bonds. The van der Waals surface area contributed by atoms with Crippen molar-refractivity contribution in [2.75, 3.05) is 18.0 Å². The second-order valence-electron chi connectivity index (χ2n) is 7.36. The Kier molecular flexibility index (Phi) is 4.35. The number of pyridine rings is 1. The second kappa shape index (κ2) is 7.16. The third-order valence-electron chi connectivity index (χ3n) is 5.29. The summed E-state index contributed by atoms with van der Waals surface area (Å²) < 4.78 is 0. The third-order valence-corrected chi connectivity index (χ3v) is 5.29. The van der Waals surface area contributed by atoms with Gasteiger partial charge >= 0.3 is 6.03 Å². The summed E-state index contributed by atoms with van der Waals surface area (Å²) in [5.41, 5.74) is 2.98. The molecule has 1 atom stereocenters. The number of hydrogen-bond donors (Lipinski definition) is 1. The zero-order valence-electron chi connectivity index (χ0n) is 16.2. The lowest BCUT2D eigenvalue weighted by Crippen LogP contribution is -2.50. The highest BCUT2D eigenvalue weighted by atomic mass is 16.2. The molecule has 0 fully saturated rings. The summed E-state index contributed by atoms with van der Waals surface area (Å²) in [6.07, 6.45) is 5.14. The molecule has 5 rings (SSSR count). The SMILES string of the molecule is CCCN1C(=O)N2C[C@@H](Cc3ccccc3)N=C2c2[nH]c(-c3ccncc3)nc21. The van der Waals surface area contributed by atoms with Crippen molar-refractivity contribution in [1.82, 2.24) is 19.9 Å². The van der Waals surface area contributed by atoms with E-state index in [0.29, 0.717) is 24.7 Å². The van der Waals surface area contributed by atoms with E-state index < -0.39 is 0 Å². The van der Waals surface area contributed by atoms with Crippen LogP contribution in [-0.2, 0) is 6.42 Å². The molecule has 0 bridgehead atoms. The third kappa shape index (κ3) is 3.08. The van der Waals surface area contributed by atoms with E-state index in [0.717, 1.165) is 29.9 Å². The summed E-state index contributed by atoms with van der Waals surface area (Å²) in [7, 11) is 0. The first-order chi connectivity index (χ1) is 14.2. The van der Waals surface area contributed by atoms with Gasteiger partial charge < -0.3 is 4.98 Å². The molecule has 7 nitrogen and oxygen atoms in total. The second-order valence-corrected chi connectivity index (χ2v) is 7.36. The van der Waals surface area contributed by atoms with Crippen LogP contribution in [0.3, 0.4) is 0 Å². The maximum atomic E-state index is 13.2. The molecular formula is C22H22N6O. The average Bonchev–Trinajstić information content (AvgIpc) is 3.37. The van der Waals surface area contributed by atoms with Crippen molar-refractivity contribution < 1.29 is 4.79 Å². The standard InChI is InChI=1S/C22H22N6O/c1-2-12-27-21-18(25-19(26-21)16-8-10-23-11-9-16)20-24-17(14-28(20)22(27)29)13-15-6-4-3-5-7-15/h3-11,17H,2,12-14H2,1H3,(H,25,26)/t17-/m1/s1. The molecular weight excluding hydrogens is 364 g/mol. The minimum absolute atomic E-state index is 0.0402. The monoisotopic (exact) mass is 386 g/mol. The summed E-state index contributed by atoms with van der Waals surface area (Å²) in [6, 6.07) is 14.1. The number of aliphatic imine (C=N–C) groups is 1. The molecule has 1 aromatic carbocycles. The smallest absolute Gasteiger partial charge is 0.331 e. The van der Waals surface area contributed by atoms with E-state index in [1.165, 1.54) is 5.56 Å². The summed E-state index contributed by atoms with van der Waals surface area (Å²) in [5.74, 6) is 2.09. The summed E-state index contributed by atoms with van der Waals surface area (Å²) in [5, 5.41) is 0. The molecule has 2 aromatic heterocycles. The van der Waals surface area contributed by atoms with Gasteiger partial charge in [0.25, 0.3) is 0 Å². The quantitative estimate of drug-likeness (QED) is 0.729. The highest BCUT2D eigenvalue weighted by molar-refractivity contribution is 6.18. The number of aromatic amines is 1. The number of imidazole rings is 1. The molecule has 0 spiro atoms. The van der Waals surface area contributed by atoms with Crippen molar-refractivity contribution in [3.8, 4) is 11.4 Å². The normalized spacial score (nSPS) is 17.9. The number of urea groups is 1. The van der Waals surface area contributed by atoms with Crippen LogP contribution >= 0.6 is 0 Å². The molecule has 2 aliphatic rings. The van der Waals surface area contributed by atoms with Crippen molar-refractivity contribution in [3.63, 3.8) is 0 Å². The van der Waals surface area contributed by atoms with Gasteiger partial charge in [-0.1, -0.05) is 37.3 Å². The number of benzene rings is 1. The van der Waals surface area contributed by atoms with E-state index >= 15 is 0 Å². The zero-order valence-corrected chi connectivity index (χ0v) is 16.2. The number of H-pyrrole nitrogens is 1. The number of nitrogens with zero attached hydrogens (tertiary/aromatic N) is 5. The van der Waals surface area contributed by atoms with Gasteiger partial charge in [-0.3, -0.25) is 19.8 Å². The predicted octanol–water partition coefficient (Wildman–Crippen LogP) is 3.50. The van der Waals surface area contributed by atoms with Gasteiger partial charge in [0, 0.05) is 24.5 Å². The van der Waals surface area contributed by atoms with Crippen LogP contribution in [0.4, 0.5) is 10.6 Å². The molecule has 0 saturated carbocycles. The number of carbonyl (C=O) groups excluding carboxylic acids is 1.